The maximum atomic E-state index is 13.3. The Balaban J connectivity index is 1.78. The van der Waals surface area contributed by atoms with Crippen LogP contribution in [0, 0.1) is 13.8 Å². The molecule has 6 nitrogen and oxygen atoms in total. The van der Waals surface area contributed by atoms with Crippen molar-refractivity contribution in [3.63, 3.8) is 0 Å². The lowest BCUT2D eigenvalue weighted by molar-refractivity contribution is -0.122. The molecule has 0 unspecified atom stereocenters. The van der Waals surface area contributed by atoms with Crippen molar-refractivity contribution in [2.45, 2.75) is 52.5 Å². The number of anilines is 2. The third-order valence-electron chi connectivity index (χ3n) is 6.82. The fourth-order valence-electron chi connectivity index (χ4n) is 4.79. The van der Waals surface area contributed by atoms with Gasteiger partial charge in [-0.1, -0.05) is 22.9 Å². The van der Waals surface area contributed by atoms with Crippen molar-refractivity contribution in [1.82, 2.24) is 5.32 Å². The van der Waals surface area contributed by atoms with Crippen LogP contribution in [0.5, 0.6) is 0 Å². The van der Waals surface area contributed by atoms with E-state index in [2.05, 4.69) is 66.1 Å². The van der Waals surface area contributed by atoms with Crippen LogP contribution in [0.25, 0.3) is 6.08 Å². The molecular weight excluding hydrogens is 482 g/mol. The van der Waals surface area contributed by atoms with Gasteiger partial charge in [0.25, 0.3) is 11.8 Å². The average molecular weight is 510 g/mol. The molecular formula is C26H28BrN3O3. The summed E-state index contributed by atoms with van der Waals surface area (Å²) in [6.45, 7) is 10.5. The van der Waals surface area contributed by atoms with Crippen LogP contribution in [0.2, 0.25) is 0 Å². The number of carbonyl (C=O) groups is 3. The van der Waals surface area contributed by atoms with Crippen molar-refractivity contribution in [1.29, 1.82) is 0 Å². The molecule has 1 saturated heterocycles. The van der Waals surface area contributed by atoms with Gasteiger partial charge in [-0.2, -0.15) is 0 Å². The summed E-state index contributed by atoms with van der Waals surface area (Å²) in [6, 6.07) is 8.71. The molecule has 2 heterocycles. The summed E-state index contributed by atoms with van der Waals surface area (Å²) in [7, 11) is 2.10. The number of rotatable bonds is 2. The number of imide groups is 2. The van der Waals surface area contributed by atoms with Gasteiger partial charge < -0.3 is 4.90 Å². The summed E-state index contributed by atoms with van der Waals surface area (Å²) in [5.41, 5.74) is 5.29. The van der Waals surface area contributed by atoms with Gasteiger partial charge in [0.05, 0.1) is 5.69 Å². The number of hydrogen-bond donors (Lipinski definition) is 1. The molecule has 7 heteroatoms. The molecule has 0 spiro atoms. The van der Waals surface area contributed by atoms with Crippen LogP contribution in [0.3, 0.4) is 0 Å². The Morgan fingerprint density at radius 3 is 2.42 bits per heavy atom. The standard InChI is InChI=1S/C26H28BrN3O3/c1-14-10-22-19(16(3)13-26(4,5)29(22)6)11-17(14)12-20-23(31)28-25(33)30(24(20)32)21-8-7-18(27)9-15(21)2/h7-12,16H,13H2,1-6H3,(H,28,31,33)/b20-12+/t16-/m1/s1. The van der Waals surface area contributed by atoms with Crippen LogP contribution in [-0.2, 0) is 9.59 Å². The number of benzene rings is 2. The number of nitrogens with zero attached hydrogens (tertiary/aromatic N) is 2. The number of urea groups is 1. The van der Waals surface area contributed by atoms with Crippen molar-refractivity contribution in [3.8, 4) is 0 Å². The number of fused-ring (bicyclic) bond motifs is 1. The lowest BCUT2D eigenvalue weighted by Crippen LogP contribution is -2.54. The van der Waals surface area contributed by atoms with Crippen molar-refractivity contribution in [2.24, 2.45) is 0 Å². The van der Waals surface area contributed by atoms with Crippen molar-refractivity contribution < 1.29 is 14.4 Å². The minimum absolute atomic E-state index is 0.0431. The summed E-state index contributed by atoms with van der Waals surface area (Å²) in [4.78, 5) is 41.9. The van der Waals surface area contributed by atoms with Gasteiger partial charge in [-0.15, -0.1) is 0 Å². The Morgan fingerprint density at radius 2 is 1.76 bits per heavy atom. The van der Waals surface area contributed by atoms with E-state index in [1.807, 2.05) is 19.9 Å². The molecule has 0 radical (unpaired) electrons. The molecule has 0 bridgehead atoms. The minimum atomic E-state index is -0.743. The molecule has 4 rings (SSSR count). The van der Waals surface area contributed by atoms with Gasteiger partial charge in [-0.25, -0.2) is 9.69 Å². The van der Waals surface area contributed by atoms with Gasteiger partial charge >= 0.3 is 6.03 Å². The van der Waals surface area contributed by atoms with Crippen LogP contribution in [-0.4, -0.2) is 30.4 Å². The second-order valence-electron chi connectivity index (χ2n) is 9.63. The number of halogens is 1. The number of hydrogen-bond acceptors (Lipinski definition) is 4. The number of amides is 4. The number of carbonyl (C=O) groups excluding carboxylic acids is 3. The molecule has 4 amide bonds. The van der Waals surface area contributed by atoms with Gasteiger partial charge in [0.2, 0.25) is 0 Å². The van der Waals surface area contributed by atoms with Gasteiger partial charge in [0, 0.05) is 22.7 Å². The molecule has 0 aliphatic carbocycles. The Labute approximate surface area is 202 Å². The van der Waals surface area contributed by atoms with Gasteiger partial charge in [-0.3, -0.25) is 14.9 Å². The highest BCUT2D eigenvalue weighted by Gasteiger charge is 2.38. The highest BCUT2D eigenvalue weighted by molar-refractivity contribution is 9.10. The number of barbiturate groups is 1. The quantitative estimate of drug-likeness (QED) is 0.431. The summed E-state index contributed by atoms with van der Waals surface area (Å²) < 4.78 is 0.840. The Hall–Kier alpha value is -2.93. The average Bonchev–Trinajstić information content (AvgIpc) is 2.71. The highest BCUT2D eigenvalue weighted by Crippen LogP contribution is 2.43. The predicted molar refractivity (Wildman–Crippen MR) is 135 cm³/mol. The lowest BCUT2D eigenvalue weighted by atomic mass is 9.79. The van der Waals surface area contributed by atoms with E-state index in [0.717, 1.165) is 32.5 Å². The maximum absolute atomic E-state index is 13.3. The van der Waals surface area contributed by atoms with E-state index < -0.39 is 17.8 Å². The summed E-state index contributed by atoms with van der Waals surface area (Å²) >= 11 is 3.40. The van der Waals surface area contributed by atoms with Gasteiger partial charge in [0.15, 0.2) is 0 Å². The smallest absolute Gasteiger partial charge is 0.335 e. The maximum Gasteiger partial charge on any atom is 0.335 e. The van der Waals surface area contributed by atoms with E-state index >= 15 is 0 Å². The zero-order chi connectivity index (χ0) is 24.2. The molecule has 2 aromatic rings. The van der Waals surface area contributed by atoms with E-state index in [9.17, 15) is 14.4 Å². The number of aryl methyl sites for hydroxylation is 2. The summed E-state index contributed by atoms with van der Waals surface area (Å²) in [5, 5.41) is 2.32. The normalized spacial score (nSPS) is 21.4. The Kier molecular flexibility index (Phi) is 5.73. The molecule has 33 heavy (non-hydrogen) atoms. The van der Waals surface area contributed by atoms with E-state index in [0.29, 0.717) is 11.6 Å². The second kappa shape index (κ2) is 8.13. The zero-order valence-corrected chi connectivity index (χ0v) is 21.3. The van der Waals surface area contributed by atoms with Crippen LogP contribution in [0.1, 0.15) is 55.4 Å². The SMILES string of the molecule is Cc1cc2c(cc1/C=C1\C(=O)NC(=O)N(c3ccc(Br)cc3C)C1=O)[C@H](C)CC(C)(C)N2C. The van der Waals surface area contributed by atoms with Crippen molar-refractivity contribution >= 4 is 51.2 Å². The third-order valence-corrected chi connectivity index (χ3v) is 7.32. The summed E-state index contributed by atoms with van der Waals surface area (Å²) in [5.74, 6) is -0.972. The number of nitrogens with one attached hydrogen (secondary N) is 1. The van der Waals surface area contributed by atoms with Crippen molar-refractivity contribution in [3.05, 3.63) is 62.6 Å². The van der Waals surface area contributed by atoms with Crippen LogP contribution in [0.4, 0.5) is 16.2 Å². The van der Waals surface area contributed by atoms with Gasteiger partial charge in [0.1, 0.15) is 5.57 Å². The Bertz CT molecular complexity index is 1230. The van der Waals surface area contributed by atoms with E-state index in [1.54, 1.807) is 18.2 Å². The highest BCUT2D eigenvalue weighted by atomic mass is 79.9. The topological polar surface area (TPSA) is 69.7 Å². The lowest BCUT2D eigenvalue weighted by Gasteiger charge is -2.45. The molecule has 0 saturated carbocycles. The molecule has 0 aromatic heterocycles. The van der Waals surface area contributed by atoms with Crippen LogP contribution in [0.15, 0.2) is 40.4 Å². The van der Waals surface area contributed by atoms with Crippen LogP contribution >= 0.6 is 15.9 Å². The second-order valence-corrected chi connectivity index (χ2v) is 10.5. The van der Waals surface area contributed by atoms with Crippen molar-refractivity contribution in [2.75, 3.05) is 16.8 Å². The van der Waals surface area contributed by atoms with Gasteiger partial charge in [-0.05, 0) is 98.7 Å². The third kappa shape index (κ3) is 3.99. The molecule has 2 aliphatic heterocycles. The minimum Gasteiger partial charge on any atom is -0.369 e. The van der Waals surface area contributed by atoms with E-state index in [-0.39, 0.29) is 11.1 Å². The largest absolute Gasteiger partial charge is 0.369 e. The molecule has 172 valence electrons. The molecule has 1 atom stereocenters. The predicted octanol–water partition coefficient (Wildman–Crippen LogP) is 5.45. The van der Waals surface area contributed by atoms with Crippen LogP contribution < -0.4 is 15.1 Å². The van der Waals surface area contributed by atoms with E-state index in [4.69, 9.17) is 0 Å². The first-order valence-corrected chi connectivity index (χ1v) is 11.8. The first-order valence-electron chi connectivity index (χ1n) is 11.0. The molecule has 2 aromatic carbocycles. The fourth-order valence-corrected chi connectivity index (χ4v) is 5.27. The fraction of sp³-hybridized carbons (Fsp3) is 0.346. The first-order chi connectivity index (χ1) is 15.4. The van der Waals surface area contributed by atoms with E-state index in [1.165, 1.54) is 11.3 Å². The molecule has 2 aliphatic rings. The zero-order valence-electron chi connectivity index (χ0n) is 19.7. The summed E-state index contributed by atoms with van der Waals surface area (Å²) in [6.07, 6.45) is 2.60. The molecule has 1 fully saturated rings. The monoisotopic (exact) mass is 509 g/mol. The first kappa shape index (κ1) is 23.2. The molecule has 1 N–H and O–H groups in total. The Morgan fingerprint density at radius 1 is 1.06 bits per heavy atom.